The van der Waals surface area contributed by atoms with E-state index in [9.17, 15) is 4.79 Å². The molecule has 92 valence electrons. The van der Waals surface area contributed by atoms with Gasteiger partial charge in [-0.15, -0.1) is 0 Å². The number of carbonyl (C=O) groups is 1. The number of hydrogen-bond donors (Lipinski definition) is 2. The average Bonchev–Trinajstić information content (AvgIpc) is 2.54. The normalized spacial score (nSPS) is 16.3. The van der Waals surface area contributed by atoms with E-state index in [2.05, 4.69) is 10.3 Å². The fourth-order valence-corrected chi connectivity index (χ4v) is 1.78. The summed E-state index contributed by atoms with van der Waals surface area (Å²) in [5.74, 6) is 1.13. The van der Waals surface area contributed by atoms with Crippen molar-refractivity contribution in [3.8, 4) is 5.88 Å². The minimum absolute atomic E-state index is 0.0140. The highest BCUT2D eigenvalue weighted by atomic mass is 16.5. The Morgan fingerprint density at radius 1 is 1.53 bits per heavy atom. The maximum atomic E-state index is 11.5. The molecular formula is C11H16N4O2. The van der Waals surface area contributed by atoms with Crippen LogP contribution in [0.1, 0.15) is 6.42 Å². The predicted molar refractivity (Wildman–Crippen MR) is 65.0 cm³/mol. The van der Waals surface area contributed by atoms with E-state index >= 15 is 0 Å². The smallest absolute Gasteiger partial charge is 0.239 e. The molecule has 0 spiro atoms. The van der Waals surface area contributed by atoms with Crippen molar-refractivity contribution in [2.24, 2.45) is 0 Å². The van der Waals surface area contributed by atoms with Gasteiger partial charge in [-0.05, 0) is 18.6 Å². The van der Waals surface area contributed by atoms with Gasteiger partial charge >= 0.3 is 0 Å². The molecule has 2 rings (SSSR count). The fourth-order valence-electron chi connectivity index (χ4n) is 1.78. The molecule has 0 bridgehead atoms. The first-order chi connectivity index (χ1) is 8.20. The number of nitrogens with one attached hydrogen (secondary N) is 1. The SMILES string of the molecule is COc1nc(N2CCCNC(=O)C2)ccc1N. The predicted octanol–water partition coefficient (Wildman–Crippen LogP) is -0.00130. The topological polar surface area (TPSA) is 80.5 Å². The van der Waals surface area contributed by atoms with Gasteiger partial charge in [0.15, 0.2) is 0 Å². The van der Waals surface area contributed by atoms with Gasteiger partial charge in [0.25, 0.3) is 0 Å². The quantitative estimate of drug-likeness (QED) is 0.755. The van der Waals surface area contributed by atoms with Gasteiger partial charge in [0.2, 0.25) is 11.8 Å². The first-order valence-electron chi connectivity index (χ1n) is 5.53. The Morgan fingerprint density at radius 3 is 3.12 bits per heavy atom. The van der Waals surface area contributed by atoms with Crippen LogP contribution in [0.25, 0.3) is 0 Å². The first kappa shape index (κ1) is 11.5. The zero-order chi connectivity index (χ0) is 12.3. The lowest BCUT2D eigenvalue weighted by atomic mass is 10.3. The molecule has 0 unspecified atom stereocenters. The molecule has 0 atom stereocenters. The van der Waals surface area contributed by atoms with Crippen LogP contribution in [0.15, 0.2) is 12.1 Å². The van der Waals surface area contributed by atoms with Gasteiger partial charge in [-0.2, -0.15) is 4.98 Å². The van der Waals surface area contributed by atoms with Gasteiger partial charge in [0.05, 0.1) is 19.3 Å². The molecule has 1 aliphatic heterocycles. The Morgan fingerprint density at radius 2 is 2.35 bits per heavy atom. The van der Waals surface area contributed by atoms with Crippen LogP contribution < -0.4 is 20.7 Å². The number of anilines is 2. The zero-order valence-corrected chi connectivity index (χ0v) is 9.77. The van der Waals surface area contributed by atoms with Crippen LogP contribution in [0.2, 0.25) is 0 Å². The summed E-state index contributed by atoms with van der Waals surface area (Å²) >= 11 is 0. The van der Waals surface area contributed by atoms with Crippen LogP contribution in [0.5, 0.6) is 5.88 Å². The summed E-state index contributed by atoms with van der Waals surface area (Å²) in [4.78, 5) is 17.7. The van der Waals surface area contributed by atoms with Crippen LogP contribution in [-0.2, 0) is 4.79 Å². The Kier molecular flexibility index (Phi) is 3.32. The minimum Gasteiger partial charge on any atom is -0.479 e. The van der Waals surface area contributed by atoms with E-state index in [-0.39, 0.29) is 5.91 Å². The summed E-state index contributed by atoms with van der Waals surface area (Å²) in [6.07, 6.45) is 0.903. The molecule has 1 fully saturated rings. The number of methoxy groups -OCH3 is 1. The molecule has 0 radical (unpaired) electrons. The van der Waals surface area contributed by atoms with Crippen molar-refractivity contribution < 1.29 is 9.53 Å². The number of nitrogens with zero attached hydrogens (tertiary/aromatic N) is 2. The van der Waals surface area contributed by atoms with Crippen LogP contribution >= 0.6 is 0 Å². The molecule has 1 aromatic rings. The number of aromatic nitrogens is 1. The lowest BCUT2D eigenvalue weighted by Gasteiger charge is -2.20. The van der Waals surface area contributed by atoms with E-state index in [4.69, 9.17) is 10.5 Å². The largest absolute Gasteiger partial charge is 0.479 e. The molecule has 1 saturated heterocycles. The summed E-state index contributed by atoms with van der Waals surface area (Å²) < 4.78 is 5.07. The lowest BCUT2D eigenvalue weighted by Crippen LogP contribution is -2.33. The highest BCUT2D eigenvalue weighted by molar-refractivity contribution is 5.81. The number of pyridine rings is 1. The van der Waals surface area contributed by atoms with Crippen LogP contribution in [-0.4, -0.2) is 37.6 Å². The second-order valence-electron chi connectivity index (χ2n) is 3.89. The van der Waals surface area contributed by atoms with Gasteiger partial charge in [0.1, 0.15) is 5.82 Å². The van der Waals surface area contributed by atoms with Gasteiger partial charge in [-0.1, -0.05) is 0 Å². The van der Waals surface area contributed by atoms with Crippen molar-refractivity contribution in [1.29, 1.82) is 0 Å². The standard InChI is InChI=1S/C11H16N4O2/c1-17-11-8(12)3-4-9(14-11)15-6-2-5-13-10(16)7-15/h3-4H,2,5-7,12H2,1H3,(H,13,16). The van der Waals surface area contributed by atoms with E-state index in [1.165, 1.54) is 7.11 Å². The number of nitrogen functional groups attached to an aromatic ring is 1. The van der Waals surface area contributed by atoms with E-state index in [0.717, 1.165) is 13.0 Å². The molecule has 1 aromatic heterocycles. The third kappa shape index (κ3) is 2.58. The Hall–Kier alpha value is -1.98. The summed E-state index contributed by atoms with van der Waals surface area (Å²) in [7, 11) is 1.53. The molecule has 0 aromatic carbocycles. The summed E-state index contributed by atoms with van der Waals surface area (Å²) in [6, 6.07) is 3.54. The molecule has 0 saturated carbocycles. The van der Waals surface area contributed by atoms with Crippen molar-refractivity contribution in [3.63, 3.8) is 0 Å². The van der Waals surface area contributed by atoms with Crippen LogP contribution in [0, 0.1) is 0 Å². The summed E-state index contributed by atoms with van der Waals surface area (Å²) in [5, 5.41) is 2.82. The summed E-state index contributed by atoms with van der Waals surface area (Å²) in [6.45, 7) is 1.82. The average molecular weight is 236 g/mol. The van der Waals surface area contributed by atoms with Gasteiger partial charge in [0, 0.05) is 13.1 Å². The Labute approximate surface area is 99.8 Å². The molecule has 6 nitrogen and oxygen atoms in total. The number of carbonyl (C=O) groups excluding carboxylic acids is 1. The monoisotopic (exact) mass is 236 g/mol. The van der Waals surface area contributed by atoms with Gasteiger partial charge < -0.3 is 20.7 Å². The van der Waals surface area contributed by atoms with Crippen molar-refractivity contribution in [1.82, 2.24) is 10.3 Å². The van der Waals surface area contributed by atoms with Crippen LogP contribution in [0.4, 0.5) is 11.5 Å². The molecule has 17 heavy (non-hydrogen) atoms. The maximum absolute atomic E-state index is 11.5. The van der Waals surface area contributed by atoms with Crippen LogP contribution in [0.3, 0.4) is 0 Å². The molecule has 1 amide bonds. The van der Waals surface area contributed by atoms with E-state index in [1.807, 2.05) is 4.90 Å². The van der Waals surface area contributed by atoms with E-state index < -0.39 is 0 Å². The number of rotatable bonds is 2. The number of ether oxygens (including phenoxy) is 1. The molecule has 3 N–H and O–H groups in total. The minimum atomic E-state index is 0.0140. The van der Waals surface area contributed by atoms with E-state index in [1.54, 1.807) is 12.1 Å². The van der Waals surface area contributed by atoms with Crippen molar-refractivity contribution in [3.05, 3.63) is 12.1 Å². The third-order valence-corrected chi connectivity index (χ3v) is 2.65. The number of amides is 1. The maximum Gasteiger partial charge on any atom is 0.239 e. The molecular weight excluding hydrogens is 220 g/mol. The summed E-state index contributed by atoms with van der Waals surface area (Å²) in [5.41, 5.74) is 6.20. The third-order valence-electron chi connectivity index (χ3n) is 2.65. The molecule has 2 heterocycles. The highest BCUT2D eigenvalue weighted by Crippen LogP contribution is 2.22. The second kappa shape index (κ2) is 4.90. The first-order valence-corrected chi connectivity index (χ1v) is 5.53. The van der Waals surface area contributed by atoms with Gasteiger partial charge in [-0.3, -0.25) is 4.79 Å². The Bertz CT molecular complexity index is 422. The number of nitrogens with two attached hydrogens (primary N) is 1. The van der Waals surface area contributed by atoms with E-state index in [0.29, 0.717) is 30.5 Å². The van der Waals surface area contributed by atoms with Gasteiger partial charge in [-0.25, -0.2) is 0 Å². The van der Waals surface area contributed by atoms with Crippen molar-refractivity contribution >= 4 is 17.4 Å². The molecule has 6 heteroatoms. The Balaban J connectivity index is 2.23. The fraction of sp³-hybridized carbons (Fsp3) is 0.455. The number of hydrogen-bond acceptors (Lipinski definition) is 5. The highest BCUT2D eigenvalue weighted by Gasteiger charge is 2.16. The van der Waals surface area contributed by atoms with Crippen molar-refractivity contribution in [2.45, 2.75) is 6.42 Å². The zero-order valence-electron chi connectivity index (χ0n) is 9.77. The molecule has 0 aliphatic carbocycles. The van der Waals surface area contributed by atoms with Crippen molar-refractivity contribution in [2.75, 3.05) is 37.4 Å². The molecule has 1 aliphatic rings. The second-order valence-corrected chi connectivity index (χ2v) is 3.89. The lowest BCUT2D eigenvalue weighted by molar-refractivity contribution is -0.119.